The molecule has 1 aromatic heterocycles. The molecule has 15 heavy (non-hydrogen) atoms. The molecule has 0 saturated carbocycles. The molecule has 1 heterocycles. The predicted octanol–water partition coefficient (Wildman–Crippen LogP) is 2.47. The van der Waals surface area contributed by atoms with Crippen LogP contribution in [0.2, 0.25) is 0 Å². The number of halogens is 1. The monoisotopic (exact) mass is 221 g/mol. The van der Waals surface area contributed by atoms with Gasteiger partial charge in [0, 0.05) is 4.90 Å². The van der Waals surface area contributed by atoms with E-state index in [0.717, 1.165) is 10.6 Å². The molecule has 0 aliphatic heterocycles. The molecule has 1 aromatic carbocycles. The van der Waals surface area contributed by atoms with Gasteiger partial charge in [-0.3, -0.25) is 0 Å². The zero-order valence-corrected chi connectivity index (χ0v) is 8.83. The van der Waals surface area contributed by atoms with Crippen LogP contribution in [0.5, 0.6) is 0 Å². The molecular formula is C10H8FN3S. The van der Waals surface area contributed by atoms with Crippen molar-refractivity contribution in [3.8, 4) is 0 Å². The fourth-order valence-corrected chi connectivity index (χ4v) is 1.85. The lowest BCUT2D eigenvalue weighted by atomic mass is 10.4. The Balaban J connectivity index is 2.22. The summed E-state index contributed by atoms with van der Waals surface area (Å²) < 4.78 is 12.9. The van der Waals surface area contributed by atoms with Crippen LogP contribution < -0.4 is 0 Å². The van der Waals surface area contributed by atoms with Crippen LogP contribution in [0.15, 0.2) is 40.5 Å². The van der Waals surface area contributed by atoms with Gasteiger partial charge in [0.2, 0.25) is 5.16 Å². The van der Waals surface area contributed by atoms with E-state index >= 15 is 0 Å². The predicted molar refractivity (Wildman–Crippen MR) is 55.1 cm³/mol. The zero-order valence-electron chi connectivity index (χ0n) is 8.01. The highest BCUT2D eigenvalue weighted by Crippen LogP contribution is 2.24. The summed E-state index contributed by atoms with van der Waals surface area (Å²) in [4.78, 5) is 4.93. The molecule has 2 rings (SSSR count). The number of benzene rings is 1. The van der Waals surface area contributed by atoms with Crippen molar-refractivity contribution >= 4 is 11.8 Å². The molecule has 0 amide bonds. The molecule has 0 unspecified atom stereocenters. The maximum absolute atomic E-state index is 12.9. The Bertz CT molecular complexity index is 432. The van der Waals surface area contributed by atoms with Gasteiger partial charge < -0.3 is 0 Å². The lowest BCUT2D eigenvalue weighted by Crippen LogP contribution is -1.91. The third-order valence-electron chi connectivity index (χ3n) is 1.67. The van der Waals surface area contributed by atoms with Crippen LogP contribution in [-0.2, 0) is 0 Å². The Kier molecular flexibility index (Phi) is 2.91. The molecule has 3 nitrogen and oxygen atoms in total. The molecule has 2 aromatic rings. The van der Waals surface area contributed by atoms with Gasteiger partial charge in [-0.05, 0) is 36.9 Å². The topological polar surface area (TPSA) is 38.7 Å². The smallest absolute Gasteiger partial charge is 0.214 e. The summed E-state index contributed by atoms with van der Waals surface area (Å²) in [6.45, 7) is 1.84. The minimum absolute atomic E-state index is 0.263. The van der Waals surface area contributed by atoms with Gasteiger partial charge in [0.05, 0.1) is 11.9 Å². The molecule has 0 N–H and O–H groups in total. The van der Waals surface area contributed by atoms with Gasteiger partial charge in [0.1, 0.15) is 5.82 Å². The van der Waals surface area contributed by atoms with Crippen LogP contribution in [0.25, 0.3) is 0 Å². The van der Waals surface area contributed by atoms with E-state index in [9.17, 15) is 4.39 Å². The minimum atomic E-state index is -0.263. The fraction of sp³-hybridized carbons (Fsp3) is 0.100. The van der Waals surface area contributed by atoms with Gasteiger partial charge in [-0.2, -0.15) is 5.10 Å². The van der Waals surface area contributed by atoms with E-state index in [0.29, 0.717) is 5.16 Å². The Labute approximate surface area is 90.8 Å². The van der Waals surface area contributed by atoms with Crippen LogP contribution in [0, 0.1) is 12.7 Å². The molecular weight excluding hydrogens is 213 g/mol. The molecule has 0 aliphatic rings. The highest BCUT2D eigenvalue weighted by Gasteiger charge is 2.02. The lowest BCUT2D eigenvalue weighted by Gasteiger charge is -1.99. The summed E-state index contributed by atoms with van der Waals surface area (Å²) >= 11 is 1.29. The van der Waals surface area contributed by atoms with Crippen molar-refractivity contribution in [2.75, 3.05) is 0 Å². The SMILES string of the molecule is Cc1cnnc(Sc2cccc(F)c2)n1. The van der Waals surface area contributed by atoms with E-state index in [1.165, 1.54) is 23.9 Å². The second kappa shape index (κ2) is 4.35. The molecule has 76 valence electrons. The number of rotatable bonds is 2. The first kappa shape index (κ1) is 10.0. The Morgan fingerprint density at radius 1 is 1.33 bits per heavy atom. The van der Waals surface area contributed by atoms with Crippen molar-refractivity contribution < 1.29 is 4.39 Å². The van der Waals surface area contributed by atoms with E-state index in [4.69, 9.17) is 0 Å². The molecule has 0 spiro atoms. The summed E-state index contributed by atoms with van der Waals surface area (Å²) in [5.41, 5.74) is 0.795. The van der Waals surface area contributed by atoms with Crippen molar-refractivity contribution in [2.24, 2.45) is 0 Å². The minimum Gasteiger partial charge on any atom is -0.225 e. The molecule has 5 heteroatoms. The first-order chi connectivity index (χ1) is 7.24. The van der Waals surface area contributed by atoms with Crippen molar-refractivity contribution in [1.82, 2.24) is 15.2 Å². The molecule has 0 atom stereocenters. The molecule has 0 fully saturated rings. The lowest BCUT2D eigenvalue weighted by molar-refractivity contribution is 0.624. The van der Waals surface area contributed by atoms with Gasteiger partial charge in [-0.25, -0.2) is 9.37 Å². The number of aromatic nitrogens is 3. The molecule has 0 aliphatic carbocycles. The van der Waals surface area contributed by atoms with Gasteiger partial charge >= 0.3 is 0 Å². The first-order valence-electron chi connectivity index (χ1n) is 4.34. The Morgan fingerprint density at radius 3 is 2.93 bits per heavy atom. The van der Waals surface area contributed by atoms with Crippen LogP contribution in [0.3, 0.4) is 0 Å². The third-order valence-corrected chi connectivity index (χ3v) is 2.51. The maximum atomic E-state index is 12.9. The van der Waals surface area contributed by atoms with Crippen LogP contribution >= 0.6 is 11.8 Å². The van der Waals surface area contributed by atoms with E-state index in [2.05, 4.69) is 15.2 Å². The maximum Gasteiger partial charge on any atom is 0.214 e. The van der Waals surface area contributed by atoms with Gasteiger partial charge in [0.15, 0.2) is 0 Å². The van der Waals surface area contributed by atoms with Crippen molar-refractivity contribution in [3.05, 3.63) is 42.0 Å². The second-order valence-corrected chi connectivity index (χ2v) is 3.98. The van der Waals surface area contributed by atoms with E-state index < -0.39 is 0 Å². The van der Waals surface area contributed by atoms with Crippen LogP contribution in [0.1, 0.15) is 5.69 Å². The largest absolute Gasteiger partial charge is 0.225 e. The normalized spacial score (nSPS) is 10.3. The third kappa shape index (κ3) is 2.73. The number of hydrogen-bond donors (Lipinski definition) is 0. The van der Waals surface area contributed by atoms with Crippen molar-refractivity contribution in [1.29, 1.82) is 0 Å². The van der Waals surface area contributed by atoms with Crippen molar-refractivity contribution in [3.63, 3.8) is 0 Å². The number of nitrogens with zero attached hydrogens (tertiary/aromatic N) is 3. The highest BCUT2D eigenvalue weighted by molar-refractivity contribution is 7.99. The molecule has 0 bridgehead atoms. The van der Waals surface area contributed by atoms with Crippen LogP contribution in [0.4, 0.5) is 4.39 Å². The standard InChI is InChI=1S/C10H8FN3S/c1-7-6-12-14-10(13-7)15-9-4-2-3-8(11)5-9/h2-6H,1H3. The average Bonchev–Trinajstić information content (AvgIpc) is 2.17. The van der Waals surface area contributed by atoms with Gasteiger partial charge in [-0.15, -0.1) is 5.10 Å². The quantitative estimate of drug-likeness (QED) is 0.780. The summed E-state index contributed by atoms with van der Waals surface area (Å²) in [5, 5.41) is 8.15. The molecule has 0 saturated heterocycles. The Hall–Kier alpha value is -1.49. The summed E-state index contributed by atoms with van der Waals surface area (Å²) in [7, 11) is 0. The molecule has 0 radical (unpaired) electrons. The first-order valence-corrected chi connectivity index (χ1v) is 5.15. The number of aryl methyl sites for hydroxylation is 1. The zero-order chi connectivity index (χ0) is 10.7. The van der Waals surface area contributed by atoms with E-state index in [1.807, 2.05) is 6.92 Å². The van der Waals surface area contributed by atoms with Gasteiger partial charge in [-0.1, -0.05) is 6.07 Å². The number of hydrogen-bond acceptors (Lipinski definition) is 4. The van der Waals surface area contributed by atoms with Crippen molar-refractivity contribution in [2.45, 2.75) is 17.0 Å². The average molecular weight is 221 g/mol. The summed E-state index contributed by atoms with van der Waals surface area (Å²) in [6.07, 6.45) is 1.58. The summed E-state index contributed by atoms with van der Waals surface area (Å²) in [6, 6.07) is 6.30. The summed E-state index contributed by atoms with van der Waals surface area (Å²) in [5.74, 6) is -0.263. The highest BCUT2D eigenvalue weighted by atomic mass is 32.2. The fourth-order valence-electron chi connectivity index (χ4n) is 1.04. The van der Waals surface area contributed by atoms with Crippen LogP contribution in [-0.4, -0.2) is 15.2 Å². The van der Waals surface area contributed by atoms with E-state index in [-0.39, 0.29) is 5.82 Å². The second-order valence-electron chi connectivity index (χ2n) is 2.94. The van der Waals surface area contributed by atoms with Gasteiger partial charge in [0.25, 0.3) is 0 Å². The Morgan fingerprint density at radius 2 is 2.20 bits per heavy atom. The van der Waals surface area contributed by atoms with E-state index in [1.54, 1.807) is 18.3 Å².